The van der Waals surface area contributed by atoms with E-state index in [2.05, 4.69) is 10.6 Å². The van der Waals surface area contributed by atoms with E-state index in [0.717, 1.165) is 5.76 Å². The Morgan fingerprint density at radius 2 is 1.92 bits per heavy atom. The molecule has 0 radical (unpaired) electrons. The van der Waals surface area contributed by atoms with Crippen molar-refractivity contribution in [2.45, 2.75) is 13.0 Å². The number of anilines is 1. The normalized spacial score (nSPS) is 11.8. The van der Waals surface area contributed by atoms with E-state index in [4.69, 9.17) is 9.15 Å². The number of rotatable bonds is 7. The number of esters is 1. The Morgan fingerprint density at radius 3 is 2.48 bits per heavy atom. The Labute approximate surface area is 146 Å². The molecule has 1 atom stereocenters. The number of furan rings is 1. The van der Waals surface area contributed by atoms with Crippen molar-refractivity contribution >= 4 is 17.7 Å². The predicted molar refractivity (Wildman–Crippen MR) is 94.6 cm³/mol. The van der Waals surface area contributed by atoms with Crippen molar-refractivity contribution in [2.24, 2.45) is 0 Å². The van der Waals surface area contributed by atoms with Crippen LogP contribution >= 0.6 is 0 Å². The molecule has 0 fully saturated rings. The van der Waals surface area contributed by atoms with Gasteiger partial charge in [-0.05, 0) is 57.4 Å². The largest absolute Gasteiger partial charge is 0.468 e. The van der Waals surface area contributed by atoms with Crippen molar-refractivity contribution < 1.29 is 18.7 Å². The average molecular weight is 345 g/mol. The van der Waals surface area contributed by atoms with Crippen LogP contribution < -0.4 is 10.6 Å². The van der Waals surface area contributed by atoms with Gasteiger partial charge in [-0.2, -0.15) is 0 Å². The van der Waals surface area contributed by atoms with Crippen molar-refractivity contribution in [2.75, 3.05) is 32.6 Å². The number of carbonyl (C=O) groups is 2. The van der Waals surface area contributed by atoms with E-state index in [1.165, 1.54) is 0 Å². The number of likely N-dealkylation sites (N-methyl/N-ethyl adjacent to an activating group) is 1. The van der Waals surface area contributed by atoms with Gasteiger partial charge in [-0.15, -0.1) is 0 Å². The van der Waals surface area contributed by atoms with Gasteiger partial charge in [0.05, 0.1) is 24.5 Å². The molecule has 0 aliphatic carbocycles. The molecule has 1 aromatic carbocycles. The summed E-state index contributed by atoms with van der Waals surface area (Å²) in [4.78, 5) is 25.6. The average Bonchev–Trinajstić information content (AvgIpc) is 3.10. The van der Waals surface area contributed by atoms with Crippen molar-refractivity contribution in [1.82, 2.24) is 10.2 Å². The van der Waals surface area contributed by atoms with Gasteiger partial charge >= 0.3 is 12.0 Å². The number of nitrogens with one attached hydrogen (secondary N) is 2. The first-order valence-corrected chi connectivity index (χ1v) is 8.03. The maximum Gasteiger partial charge on any atom is 0.338 e. The zero-order chi connectivity index (χ0) is 18.2. The number of carbonyl (C=O) groups excluding carboxylic acids is 2. The van der Waals surface area contributed by atoms with E-state index in [1.54, 1.807) is 37.5 Å². The van der Waals surface area contributed by atoms with Crippen LogP contribution in [0.2, 0.25) is 0 Å². The van der Waals surface area contributed by atoms with E-state index in [0.29, 0.717) is 24.4 Å². The second-order valence-corrected chi connectivity index (χ2v) is 5.63. The number of amides is 2. The fourth-order valence-corrected chi connectivity index (χ4v) is 2.29. The number of urea groups is 1. The quantitative estimate of drug-likeness (QED) is 0.754. The lowest BCUT2D eigenvalue weighted by atomic mass is 10.2. The van der Waals surface area contributed by atoms with Gasteiger partial charge in [-0.3, -0.25) is 4.90 Å². The molecule has 1 aromatic heterocycles. The van der Waals surface area contributed by atoms with Gasteiger partial charge in [0.1, 0.15) is 5.76 Å². The summed E-state index contributed by atoms with van der Waals surface area (Å²) in [6.45, 7) is 2.47. The van der Waals surface area contributed by atoms with Gasteiger partial charge < -0.3 is 19.8 Å². The lowest BCUT2D eigenvalue weighted by Crippen LogP contribution is -2.36. The molecule has 0 bridgehead atoms. The molecule has 25 heavy (non-hydrogen) atoms. The summed E-state index contributed by atoms with van der Waals surface area (Å²) in [6, 6.07) is 9.83. The zero-order valence-corrected chi connectivity index (χ0v) is 14.6. The molecule has 2 amide bonds. The first-order chi connectivity index (χ1) is 12.0. The third-order valence-electron chi connectivity index (χ3n) is 3.60. The van der Waals surface area contributed by atoms with Crippen LogP contribution in [0, 0.1) is 0 Å². The molecule has 134 valence electrons. The summed E-state index contributed by atoms with van der Waals surface area (Å²) in [7, 11) is 3.84. The standard InChI is InChI=1S/C18H23N3O4/c1-4-24-17(22)13-7-9-14(10-8-13)20-18(23)19-12-15(21(2)3)16-6-5-11-25-16/h5-11,15H,4,12H2,1-3H3,(H2,19,20,23). The predicted octanol–water partition coefficient (Wildman–Crippen LogP) is 2.88. The molecule has 0 saturated carbocycles. The lowest BCUT2D eigenvalue weighted by Gasteiger charge is -2.22. The number of benzene rings is 1. The Morgan fingerprint density at radius 1 is 1.20 bits per heavy atom. The van der Waals surface area contributed by atoms with Crippen LogP contribution in [0.15, 0.2) is 47.1 Å². The topological polar surface area (TPSA) is 83.8 Å². The molecule has 1 heterocycles. The van der Waals surface area contributed by atoms with E-state index < -0.39 is 0 Å². The van der Waals surface area contributed by atoms with Crippen LogP contribution in [0.5, 0.6) is 0 Å². The molecule has 0 aliphatic rings. The van der Waals surface area contributed by atoms with Crippen molar-refractivity contribution in [3.05, 3.63) is 54.0 Å². The van der Waals surface area contributed by atoms with Gasteiger partial charge in [-0.1, -0.05) is 0 Å². The van der Waals surface area contributed by atoms with Crippen LogP contribution in [0.25, 0.3) is 0 Å². The third-order valence-corrected chi connectivity index (χ3v) is 3.60. The van der Waals surface area contributed by atoms with Gasteiger partial charge in [-0.25, -0.2) is 9.59 Å². The highest BCUT2D eigenvalue weighted by atomic mass is 16.5. The first kappa shape index (κ1) is 18.5. The smallest absolute Gasteiger partial charge is 0.338 e. The van der Waals surface area contributed by atoms with Crippen molar-refractivity contribution in [3.8, 4) is 0 Å². The first-order valence-electron chi connectivity index (χ1n) is 8.03. The van der Waals surface area contributed by atoms with E-state index in [9.17, 15) is 9.59 Å². The van der Waals surface area contributed by atoms with Gasteiger partial charge in [0.25, 0.3) is 0 Å². The second kappa shape index (κ2) is 8.89. The molecule has 0 aliphatic heterocycles. The van der Waals surface area contributed by atoms with E-state index in [1.807, 2.05) is 31.1 Å². The van der Waals surface area contributed by atoms with Crippen LogP contribution in [-0.2, 0) is 4.74 Å². The van der Waals surface area contributed by atoms with Crippen LogP contribution in [0.1, 0.15) is 29.1 Å². The molecule has 2 aromatic rings. The van der Waals surface area contributed by atoms with Gasteiger partial charge in [0.2, 0.25) is 0 Å². The fraction of sp³-hybridized carbons (Fsp3) is 0.333. The van der Waals surface area contributed by atoms with Gasteiger partial charge in [0.15, 0.2) is 0 Å². The molecule has 0 spiro atoms. The number of nitrogens with zero attached hydrogens (tertiary/aromatic N) is 1. The van der Waals surface area contributed by atoms with Crippen LogP contribution in [0.3, 0.4) is 0 Å². The van der Waals surface area contributed by atoms with E-state index in [-0.39, 0.29) is 18.0 Å². The van der Waals surface area contributed by atoms with Crippen LogP contribution in [0.4, 0.5) is 10.5 Å². The summed E-state index contributed by atoms with van der Waals surface area (Å²) in [5, 5.41) is 5.54. The number of hydrogen-bond acceptors (Lipinski definition) is 5. The monoisotopic (exact) mass is 345 g/mol. The molecule has 1 unspecified atom stereocenters. The summed E-state index contributed by atoms with van der Waals surface area (Å²) < 4.78 is 10.3. The Kier molecular flexibility index (Phi) is 6.59. The molecule has 2 N–H and O–H groups in total. The Balaban J connectivity index is 1.88. The molecule has 0 saturated heterocycles. The third kappa shape index (κ3) is 5.36. The Hall–Kier alpha value is -2.80. The summed E-state index contributed by atoms with van der Waals surface area (Å²) >= 11 is 0. The summed E-state index contributed by atoms with van der Waals surface area (Å²) in [6.07, 6.45) is 1.61. The highest BCUT2D eigenvalue weighted by Gasteiger charge is 2.17. The summed E-state index contributed by atoms with van der Waals surface area (Å²) in [5.74, 6) is 0.398. The number of hydrogen-bond donors (Lipinski definition) is 2. The second-order valence-electron chi connectivity index (χ2n) is 5.63. The number of ether oxygens (including phenoxy) is 1. The van der Waals surface area contributed by atoms with Gasteiger partial charge in [0, 0.05) is 12.2 Å². The van der Waals surface area contributed by atoms with E-state index >= 15 is 0 Å². The van der Waals surface area contributed by atoms with Crippen molar-refractivity contribution in [1.29, 1.82) is 0 Å². The highest BCUT2D eigenvalue weighted by molar-refractivity contribution is 5.92. The maximum atomic E-state index is 12.1. The highest BCUT2D eigenvalue weighted by Crippen LogP contribution is 2.17. The lowest BCUT2D eigenvalue weighted by molar-refractivity contribution is 0.0526. The maximum absolute atomic E-state index is 12.1. The molecule has 7 heteroatoms. The van der Waals surface area contributed by atoms with Crippen molar-refractivity contribution in [3.63, 3.8) is 0 Å². The summed E-state index contributed by atoms with van der Waals surface area (Å²) in [5.41, 5.74) is 1.03. The molecule has 2 rings (SSSR count). The minimum Gasteiger partial charge on any atom is -0.468 e. The molecular formula is C18H23N3O4. The molecular weight excluding hydrogens is 322 g/mol. The molecule has 7 nitrogen and oxygen atoms in total. The SMILES string of the molecule is CCOC(=O)c1ccc(NC(=O)NCC(c2ccco2)N(C)C)cc1. The minimum atomic E-state index is -0.384. The fourth-order valence-electron chi connectivity index (χ4n) is 2.29. The van der Waals surface area contributed by atoms with Crippen LogP contribution in [-0.4, -0.2) is 44.1 Å². The Bertz CT molecular complexity index is 681. The minimum absolute atomic E-state index is 0.0630. The zero-order valence-electron chi connectivity index (χ0n) is 14.6.